The van der Waals surface area contributed by atoms with Gasteiger partial charge in [-0.15, -0.1) is 0 Å². The molecule has 16 nitrogen and oxygen atoms in total. The highest BCUT2D eigenvalue weighted by molar-refractivity contribution is 5.21. The summed E-state index contributed by atoms with van der Waals surface area (Å²) >= 11 is 0. The summed E-state index contributed by atoms with van der Waals surface area (Å²) < 4.78 is 98.6. The number of rotatable bonds is 34. The van der Waals surface area contributed by atoms with Crippen LogP contribution < -0.4 is 0 Å². The SMILES string of the molecule is O[C@H]1[C@H](OCc2ccccc2)[C@@H](OCc2ccccc2)[C@@H](O[C@H]2[C@H](OCc3ccccc3)[C@@H](OCc3ccccc3)[C@@H](O[C@H]3[C@H](OCc4ccccc4)[C@@H](OCc4ccccc4)[C@@H](O)O[C@@H]3COCc3ccccc3)O[C@@H]2COCc2ccccc2)O[C@@H]1COCc1ccccc1. The van der Waals surface area contributed by atoms with E-state index in [2.05, 4.69) is 0 Å². The van der Waals surface area contributed by atoms with Crippen LogP contribution in [0.1, 0.15) is 50.1 Å². The van der Waals surface area contributed by atoms with Crippen molar-refractivity contribution in [3.8, 4) is 0 Å². The molecule has 0 radical (unpaired) electrons. The molecule has 3 heterocycles. The molecule has 15 atom stereocenters. The molecule has 3 fully saturated rings. The van der Waals surface area contributed by atoms with Crippen molar-refractivity contribution in [3.05, 3.63) is 323 Å². The topological polar surface area (TPSA) is 170 Å². The Morgan fingerprint density at radius 1 is 0.227 bits per heavy atom. The average Bonchev–Trinajstić information content (AvgIpc) is 0.794. The predicted octanol–water partition coefficient (Wildman–Crippen LogP) is 12.4. The first-order chi connectivity index (χ1) is 47.9. The highest BCUT2D eigenvalue weighted by Crippen LogP contribution is 2.39. The largest absolute Gasteiger partial charge is 0.387 e. The van der Waals surface area contributed by atoms with Crippen molar-refractivity contribution >= 4 is 0 Å². The molecule has 0 aliphatic carbocycles. The van der Waals surface area contributed by atoms with Crippen LogP contribution in [0, 0.1) is 0 Å². The van der Waals surface area contributed by atoms with Crippen molar-refractivity contribution in [1.82, 2.24) is 0 Å². The second kappa shape index (κ2) is 36.8. The molecule has 3 saturated heterocycles. The first kappa shape index (κ1) is 69.2. The minimum absolute atomic E-state index is 0.0398. The summed E-state index contributed by atoms with van der Waals surface area (Å²) in [6, 6.07) is 88.3. The van der Waals surface area contributed by atoms with E-state index in [9.17, 15) is 10.2 Å². The second-order valence-corrected chi connectivity index (χ2v) is 24.4. The van der Waals surface area contributed by atoms with Gasteiger partial charge in [-0.2, -0.15) is 0 Å². The fraction of sp³-hybridized carbons (Fsp3) is 0.333. The Morgan fingerprint density at radius 2 is 0.454 bits per heavy atom. The molecule has 0 bridgehead atoms. The van der Waals surface area contributed by atoms with Gasteiger partial charge in [-0.1, -0.05) is 273 Å². The first-order valence-corrected chi connectivity index (χ1v) is 33.4. The maximum Gasteiger partial charge on any atom is 0.187 e. The standard InChI is InChI=1S/C81H86O16/c82-70-67(55-84-46-58-28-10-1-11-29-58)94-80(77(91-53-65-42-24-8-25-43-65)73(70)87-49-61-34-16-4-17-35-61)97-72-69(57-86-48-60-32-14-3-15-33-60)95-81(78(92-54-66-44-26-9-27-45-66)75(72)89-51-63-38-20-6-21-39-63)96-71-68(56-85-47-59-30-12-2-13-31-59)93-79(83)76(90-52-64-40-22-7-23-41-64)74(71)88-50-62-36-18-5-19-37-62/h1-45,67-83H,46-57H2/t67-,68-,69-,70-,71-,72-,73+,74+,75+,76-,77-,78-,79+,80-,81-/m1/s1. The molecule has 3 aliphatic rings. The number of hydrogen-bond acceptors (Lipinski definition) is 16. The summed E-state index contributed by atoms with van der Waals surface area (Å²) in [6.45, 7) is 1.18. The van der Waals surface area contributed by atoms with Crippen LogP contribution in [0.5, 0.6) is 0 Å². The number of aliphatic hydroxyl groups is 2. The Kier molecular flexibility index (Phi) is 26.3. The number of hydrogen-bond donors (Lipinski definition) is 2. The van der Waals surface area contributed by atoms with Crippen molar-refractivity contribution in [2.24, 2.45) is 0 Å². The van der Waals surface area contributed by atoms with Gasteiger partial charge in [0.25, 0.3) is 0 Å². The highest BCUT2D eigenvalue weighted by Gasteiger charge is 2.57. The van der Waals surface area contributed by atoms with E-state index in [-0.39, 0.29) is 79.3 Å². The third kappa shape index (κ3) is 20.2. The zero-order valence-corrected chi connectivity index (χ0v) is 54.2. The van der Waals surface area contributed by atoms with E-state index < -0.39 is 92.1 Å². The van der Waals surface area contributed by atoms with Gasteiger partial charge in [-0.25, -0.2) is 0 Å². The molecule has 0 saturated carbocycles. The molecule has 9 aromatic carbocycles. The van der Waals surface area contributed by atoms with Gasteiger partial charge in [0.2, 0.25) is 0 Å². The summed E-state index contributed by atoms with van der Waals surface area (Å²) in [4.78, 5) is 0. The Hall–Kier alpha value is -7.66. The summed E-state index contributed by atoms with van der Waals surface area (Å²) in [6.07, 6.45) is -17.1. The second-order valence-electron chi connectivity index (χ2n) is 24.4. The predicted molar refractivity (Wildman–Crippen MR) is 362 cm³/mol. The molecular formula is C81H86O16. The van der Waals surface area contributed by atoms with E-state index in [1.54, 1.807) is 0 Å². The van der Waals surface area contributed by atoms with Crippen molar-refractivity contribution in [2.45, 2.75) is 152 Å². The van der Waals surface area contributed by atoms with Gasteiger partial charge in [0.05, 0.1) is 79.3 Å². The Labute approximate surface area is 568 Å². The number of benzene rings is 9. The van der Waals surface area contributed by atoms with E-state index in [4.69, 9.17) is 66.3 Å². The third-order valence-electron chi connectivity index (χ3n) is 17.3. The van der Waals surface area contributed by atoms with Gasteiger partial charge in [0, 0.05) is 0 Å². The Balaban J connectivity index is 0.959. The van der Waals surface area contributed by atoms with Crippen LogP contribution in [0.3, 0.4) is 0 Å². The van der Waals surface area contributed by atoms with E-state index in [0.29, 0.717) is 0 Å². The molecule has 3 aliphatic heterocycles. The summed E-state index contributed by atoms with van der Waals surface area (Å²) in [5, 5.41) is 25.0. The van der Waals surface area contributed by atoms with Gasteiger partial charge in [-0.3, -0.25) is 0 Å². The third-order valence-corrected chi connectivity index (χ3v) is 17.3. The number of aliphatic hydroxyl groups excluding tert-OH is 2. The normalized spacial score (nSPS) is 25.7. The maximum absolute atomic E-state index is 12.7. The summed E-state index contributed by atoms with van der Waals surface area (Å²) in [5.41, 5.74) is 8.06. The molecule has 9 aromatic rings. The lowest BCUT2D eigenvalue weighted by atomic mass is 9.95. The van der Waals surface area contributed by atoms with Crippen LogP contribution in [0.25, 0.3) is 0 Å². The van der Waals surface area contributed by atoms with Crippen LogP contribution in [0.4, 0.5) is 0 Å². The number of ether oxygens (including phenoxy) is 14. The first-order valence-electron chi connectivity index (χ1n) is 33.4. The quantitative estimate of drug-likeness (QED) is 0.0390. The summed E-state index contributed by atoms with van der Waals surface area (Å²) in [5.74, 6) is 0. The van der Waals surface area contributed by atoms with Crippen LogP contribution in [0.15, 0.2) is 273 Å². The molecule has 0 spiro atoms. The maximum atomic E-state index is 12.7. The molecule has 506 valence electrons. The fourth-order valence-corrected chi connectivity index (χ4v) is 12.2. The molecular weight excluding hydrogens is 1230 g/mol. The van der Waals surface area contributed by atoms with Crippen LogP contribution in [0.2, 0.25) is 0 Å². The van der Waals surface area contributed by atoms with Crippen molar-refractivity contribution in [3.63, 3.8) is 0 Å². The van der Waals surface area contributed by atoms with Crippen LogP contribution in [-0.4, -0.2) is 122 Å². The van der Waals surface area contributed by atoms with E-state index in [1.165, 1.54) is 0 Å². The van der Waals surface area contributed by atoms with Crippen molar-refractivity contribution in [2.75, 3.05) is 19.8 Å². The smallest absolute Gasteiger partial charge is 0.187 e. The van der Waals surface area contributed by atoms with Gasteiger partial charge < -0.3 is 76.5 Å². The van der Waals surface area contributed by atoms with E-state index >= 15 is 0 Å². The minimum atomic E-state index is -1.50. The minimum Gasteiger partial charge on any atom is -0.387 e. The lowest BCUT2D eigenvalue weighted by Crippen LogP contribution is -2.68. The average molecular weight is 1320 g/mol. The van der Waals surface area contributed by atoms with E-state index in [0.717, 1.165) is 50.1 Å². The summed E-state index contributed by atoms with van der Waals surface area (Å²) in [7, 11) is 0. The lowest BCUT2D eigenvalue weighted by molar-refractivity contribution is -0.393. The zero-order chi connectivity index (χ0) is 66.1. The van der Waals surface area contributed by atoms with E-state index in [1.807, 2.05) is 273 Å². The Morgan fingerprint density at radius 3 is 0.773 bits per heavy atom. The van der Waals surface area contributed by atoms with Gasteiger partial charge >= 0.3 is 0 Å². The fourth-order valence-electron chi connectivity index (χ4n) is 12.2. The highest BCUT2D eigenvalue weighted by atomic mass is 16.8. The molecule has 97 heavy (non-hydrogen) atoms. The van der Waals surface area contributed by atoms with Gasteiger partial charge in [-0.05, 0) is 50.1 Å². The van der Waals surface area contributed by atoms with Crippen LogP contribution in [-0.2, 0) is 126 Å². The van der Waals surface area contributed by atoms with Crippen LogP contribution >= 0.6 is 0 Å². The van der Waals surface area contributed by atoms with Crippen molar-refractivity contribution < 1.29 is 76.5 Å². The van der Waals surface area contributed by atoms with Gasteiger partial charge in [0.15, 0.2) is 18.9 Å². The molecule has 0 aromatic heterocycles. The molecule has 12 rings (SSSR count). The zero-order valence-electron chi connectivity index (χ0n) is 54.2. The monoisotopic (exact) mass is 1310 g/mol. The van der Waals surface area contributed by atoms with Gasteiger partial charge in [0.1, 0.15) is 73.2 Å². The Bertz CT molecular complexity index is 3600. The molecule has 2 N–H and O–H groups in total. The van der Waals surface area contributed by atoms with Crippen molar-refractivity contribution in [1.29, 1.82) is 0 Å². The lowest BCUT2D eigenvalue weighted by Gasteiger charge is -2.51. The molecule has 0 unspecified atom stereocenters. The molecule has 0 amide bonds. The molecule has 16 heteroatoms.